The van der Waals surface area contributed by atoms with Crippen LogP contribution in [0.2, 0.25) is 10.0 Å². The summed E-state index contributed by atoms with van der Waals surface area (Å²) in [4.78, 5) is 2.38. The third kappa shape index (κ3) is 5.73. The van der Waals surface area contributed by atoms with E-state index >= 15 is 0 Å². The van der Waals surface area contributed by atoms with Gasteiger partial charge in [0.2, 0.25) is 0 Å². The first-order valence-electron chi connectivity index (χ1n) is 11.9. The third-order valence-electron chi connectivity index (χ3n) is 6.32. The zero-order valence-electron chi connectivity index (χ0n) is 19.6. The zero-order valence-corrected chi connectivity index (χ0v) is 22.0. The summed E-state index contributed by atoms with van der Waals surface area (Å²) in [7, 11) is 0. The zero-order chi connectivity index (χ0) is 24.9. The molecule has 2 aliphatic rings. The average molecular weight is 538 g/mol. The number of benzene rings is 3. The number of rotatable bonds is 5. The van der Waals surface area contributed by atoms with E-state index in [9.17, 15) is 0 Å². The van der Waals surface area contributed by atoms with Crippen LogP contribution in [0.25, 0.3) is 16.8 Å². The van der Waals surface area contributed by atoms with Crippen LogP contribution in [0.5, 0.6) is 0 Å². The van der Waals surface area contributed by atoms with Crippen LogP contribution in [0.15, 0.2) is 82.6 Å². The summed E-state index contributed by atoms with van der Waals surface area (Å²) in [5.41, 5.74) is 8.48. The van der Waals surface area contributed by atoms with Gasteiger partial charge in [-0.15, -0.1) is 0 Å². The molecule has 5 nitrogen and oxygen atoms in total. The Morgan fingerprint density at radius 2 is 1.81 bits per heavy atom. The number of allylic oxidation sites excluding steroid dienone is 2. The van der Waals surface area contributed by atoms with Crippen LogP contribution < -0.4 is 10.7 Å². The molecule has 1 aliphatic heterocycles. The maximum absolute atomic E-state index is 6.46. The molecule has 0 atom stereocenters. The van der Waals surface area contributed by atoms with Gasteiger partial charge >= 0.3 is 0 Å². The molecule has 0 bridgehead atoms. The number of halogens is 2. The molecule has 184 valence electrons. The minimum absolute atomic E-state index is 0.442. The highest BCUT2D eigenvalue weighted by Crippen LogP contribution is 2.36. The smallest absolute Gasteiger partial charge is 0.191 e. The number of nitrogens with zero attached hydrogens (tertiary/aromatic N) is 2. The molecule has 0 amide bonds. The predicted molar refractivity (Wildman–Crippen MR) is 155 cm³/mol. The molecule has 5 rings (SSSR count). The summed E-state index contributed by atoms with van der Waals surface area (Å²) in [6.07, 6.45) is 5.83. The number of ether oxygens (including phenoxy) is 1. The molecule has 1 saturated heterocycles. The Kier molecular flexibility index (Phi) is 7.87. The highest BCUT2D eigenvalue weighted by atomic mass is 35.5. The number of hydrogen-bond acceptors (Lipinski definition) is 4. The van der Waals surface area contributed by atoms with Gasteiger partial charge < -0.3 is 15.0 Å². The molecule has 0 aromatic heterocycles. The van der Waals surface area contributed by atoms with Crippen molar-refractivity contribution in [2.24, 2.45) is 5.10 Å². The Bertz CT molecular complexity index is 1370. The van der Waals surface area contributed by atoms with Crippen molar-refractivity contribution in [3.8, 4) is 0 Å². The fraction of sp³-hybridized carbons (Fsp3) is 0.214. The minimum Gasteiger partial charge on any atom is -0.378 e. The van der Waals surface area contributed by atoms with Crippen LogP contribution in [-0.2, 0) is 4.74 Å². The van der Waals surface area contributed by atoms with Crippen molar-refractivity contribution in [3.63, 3.8) is 0 Å². The number of morpholine rings is 1. The van der Waals surface area contributed by atoms with Gasteiger partial charge in [-0.1, -0.05) is 65.7 Å². The van der Waals surface area contributed by atoms with Gasteiger partial charge in [-0.05, 0) is 71.4 Å². The summed E-state index contributed by atoms with van der Waals surface area (Å²) >= 11 is 18.1. The molecule has 1 aliphatic carbocycles. The van der Waals surface area contributed by atoms with E-state index in [1.54, 1.807) is 6.07 Å². The molecule has 8 heteroatoms. The van der Waals surface area contributed by atoms with Gasteiger partial charge in [0.15, 0.2) is 5.11 Å². The number of hydrazone groups is 1. The van der Waals surface area contributed by atoms with E-state index in [0.717, 1.165) is 53.5 Å². The molecule has 0 saturated carbocycles. The van der Waals surface area contributed by atoms with E-state index in [4.69, 9.17) is 40.2 Å². The van der Waals surface area contributed by atoms with E-state index < -0.39 is 0 Å². The number of hydrogen-bond donors (Lipinski definition) is 2. The first-order chi connectivity index (χ1) is 17.6. The third-order valence-corrected chi connectivity index (χ3v) is 7.07. The largest absolute Gasteiger partial charge is 0.378 e. The van der Waals surface area contributed by atoms with Crippen LogP contribution in [-0.4, -0.2) is 42.5 Å². The Balaban J connectivity index is 1.35. The number of nitrogens with one attached hydrogen (secondary N) is 2. The van der Waals surface area contributed by atoms with Gasteiger partial charge in [-0.2, -0.15) is 5.10 Å². The predicted octanol–water partition coefficient (Wildman–Crippen LogP) is 6.88. The number of fused-ring (bicyclic) bond motifs is 1. The van der Waals surface area contributed by atoms with Crippen molar-refractivity contribution in [2.45, 2.75) is 12.8 Å². The lowest BCUT2D eigenvalue weighted by atomic mass is 10.1. The molecule has 2 N–H and O–H groups in total. The summed E-state index contributed by atoms with van der Waals surface area (Å²) in [6, 6.07) is 19.9. The highest BCUT2D eigenvalue weighted by Gasteiger charge is 2.25. The van der Waals surface area contributed by atoms with Crippen LogP contribution in [0, 0.1) is 0 Å². The van der Waals surface area contributed by atoms with E-state index in [1.165, 1.54) is 11.3 Å². The van der Waals surface area contributed by atoms with Gasteiger partial charge in [0.05, 0.1) is 19.4 Å². The van der Waals surface area contributed by atoms with Crippen molar-refractivity contribution in [1.29, 1.82) is 0 Å². The fourth-order valence-corrected chi connectivity index (χ4v) is 5.26. The second kappa shape index (κ2) is 11.4. The summed E-state index contributed by atoms with van der Waals surface area (Å²) in [6.45, 7) is 3.10. The Labute approximate surface area is 226 Å². The first-order valence-corrected chi connectivity index (χ1v) is 13.0. The second-order valence-corrected chi connectivity index (χ2v) is 9.91. The highest BCUT2D eigenvalue weighted by molar-refractivity contribution is 7.80. The molecular formula is C28H26Cl2N4OS. The van der Waals surface area contributed by atoms with Crippen molar-refractivity contribution < 1.29 is 4.74 Å². The van der Waals surface area contributed by atoms with Gasteiger partial charge in [-0.25, -0.2) is 0 Å². The van der Waals surface area contributed by atoms with E-state index in [0.29, 0.717) is 28.4 Å². The molecular weight excluding hydrogens is 511 g/mol. The maximum Gasteiger partial charge on any atom is 0.191 e. The SMILES string of the molecule is S=C(N/N=C\C1=C(N2CCOCC2)C(=C/c2ccc(Cl)cc2Cl)/CC1)Nc1cccc2ccccc12. The van der Waals surface area contributed by atoms with Crippen molar-refractivity contribution in [1.82, 2.24) is 10.3 Å². The van der Waals surface area contributed by atoms with E-state index in [-0.39, 0.29) is 0 Å². The van der Waals surface area contributed by atoms with Crippen LogP contribution >= 0.6 is 35.4 Å². The summed E-state index contributed by atoms with van der Waals surface area (Å²) in [5, 5.41) is 11.7. The molecule has 3 aromatic rings. The minimum atomic E-state index is 0.442. The molecule has 3 aromatic carbocycles. The van der Waals surface area contributed by atoms with Crippen molar-refractivity contribution >= 4 is 69.3 Å². The van der Waals surface area contributed by atoms with Crippen molar-refractivity contribution in [2.75, 3.05) is 31.6 Å². The van der Waals surface area contributed by atoms with E-state index in [2.05, 4.69) is 45.0 Å². The summed E-state index contributed by atoms with van der Waals surface area (Å²) < 4.78 is 5.59. The quantitative estimate of drug-likeness (QED) is 0.211. The lowest BCUT2D eigenvalue weighted by Crippen LogP contribution is -2.36. The lowest BCUT2D eigenvalue weighted by Gasteiger charge is -2.31. The van der Waals surface area contributed by atoms with Crippen molar-refractivity contribution in [3.05, 3.63) is 93.1 Å². The second-order valence-electron chi connectivity index (χ2n) is 8.66. The molecule has 0 radical (unpaired) electrons. The van der Waals surface area contributed by atoms with Gasteiger partial charge in [0, 0.05) is 39.9 Å². The first kappa shape index (κ1) is 24.8. The van der Waals surface area contributed by atoms with Gasteiger partial charge in [0.1, 0.15) is 0 Å². The molecule has 1 heterocycles. The fourth-order valence-electron chi connectivity index (χ4n) is 4.63. The van der Waals surface area contributed by atoms with E-state index in [1.807, 2.05) is 42.6 Å². The number of thiocarbonyl (C=S) groups is 1. The Morgan fingerprint density at radius 1 is 1.00 bits per heavy atom. The topological polar surface area (TPSA) is 48.9 Å². The number of anilines is 1. The van der Waals surface area contributed by atoms with Crippen LogP contribution in [0.4, 0.5) is 5.69 Å². The molecule has 36 heavy (non-hydrogen) atoms. The molecule has 0 spiro atoms. The maximum atomic E-state index is 6.46. The average Bonchev–Trinajstić information content (AvgIpc) is 3.28. The molecule has 0 unspecified atom stereocenters. The standard InChI is InChI=1S/C28H26Cl2N4OS/c29-23-11-10-20(25(30)17-23)16-21-8-9-22(27(21)34-12-14-35-15-13-34)18-31-33-28(36)32-26-7-3-5-19-4-1-2-6-24(19)26/h1-7,10-11,16-18H,8-9,12-15H2,(H2,32,33,36)/b21-16+,31-18-. The van der Waals surface area contributed by atoms with Crippen LogP contribution in [0.3, 0.4) is 0 Å². The van der Waals surface area contributed by atoms with Crippen LogP contribution in [0.1, 0.15) is 18.4 Å². The van der Waals surface area contributed by atoms with Gasteiger partial charge in [-0.3, -0.25) is 5.43 Å². The Hall–Kier alpha value is -2.90. The molecule has 1 fully saturated rings. The monoisotopic (exact) mass is 536 g/mol. The van der Waals surface area contributed by atoms with Gasteiger partial charge in [0.25, 0.3) is 0 Å². The Morgan fingerprint density at radius 3 is 2.64 bits per heavy atom. The summed E-state index contributed by atoms with van der Waals surface area (Å²) in [5.74, 6) is 0. The normalized spacial score (nSPS) is 17.4. The lowest BCUT2D eigenvalue weighted by molar-refractivity contribution is 0.0548.